The number of halogens is 2. The first-order valence-corrected chi connectivity index (χ1v) is 5.36. The molecule has 0 spiro atoms. The van der Waals surface area contributed by atoms with Crippen LogP contribution in [0.3, 0.4) is 0 Å². The Hall–Kier alpha value is -0.710. The van der Waals surface area contributed by atoms with Gasteiger partial charge in [0.05, 0.1) is 11.6 Å². The molecule has 5 heteroatoms. The number of aryl methyl sites for hydroxylation is 2. The summed E-state index contributed by atoms with van der Waals surface area (Å²) in [5.74, 6) is -0.459. The van der Waals surface area contributed by atoms with Crippen molar-refractivity contribution in [1.82, 2.24) is 4.98 Å². The molecule has 0 bridgehead atoms. The van der Waals surface area contributed by atoms with Gasteiger partial charge in [0.15, 0.2) is 5.13 Å². The number of aromatic nitrogens is 1. The van der Waals surface area contributed by atoms with E-state index in [1.54, 1.807) is 11.3 Å². The summed E-state index contributed by atoms with van der Waals surface area (Å²) in [5, 5.41) is 0.886. The van der Waals surface area contributed by atoms with E-state index >= 15 is 0 Å². The zero-order chi connectivity index (χ0) is 10.3. The zero-order valence-electron chi connectivity index (χ0n) is 8.13. The molecule has 2 rings (SSSR count). The maximum absolute atomic E-state index is 12.2. The van der Waals surface area contributed by atoms with Gasteiger partial charge < -0.3 is 4.90 Å². The molecule has 1 aliphatic heterocycles. The lowest BCUT2D eigenvalue weighted by molar-refractivity contribution is 0.0614. The molecule has 78 valence electrons. The van der Waals surface area contributed by atoms with Crippen molar-refractivity contribution in [2.45, 2.75) is 20.3 Å². The van der Waals surface area contributed by atoms with Crippen LogP contribution in [-0.2, 0) is 0 Å². The highest BCUT2D eigenvalue weighted by Gasteiger charge is 2.35. The van der Waals surface area contributed by atoms with Gasteiger partial charge >= 0.3 is 0 Å². The molecule has 0 N–H and O–H groups in total. The van der Waals surface area contributed by atoms with E-state index in [0.717, 1.165) is 10.8 Å². The summed E-state index contributed by atoms with van der Waals surface area (Å²) in [7, 11) is 0. The Labute approximate surface area is 85.6 Å². The Morgan fingerprint density at radius 2 is 2.07 bits per heavy atom. The highest BCUT2D eigenvalue weighted by Crippen LogP contribution is 2.32. The number of nitrogens with zero attached hydrogens (tertiary/aromatic N) is 2. The summed E-state index contributed by atoms with van der Waals surface area (Å²) in [6.07, 6.45) is -2.19. The van der Waals surface area contributed by atoms with Crippen LogP contribution in [0.15, 0.2) is 0 Å². The summed E-state index contributed by atoms with van der Waals surface area (Å²) >= 11 is 1.58. The molecular weight excluding hydrogens is 206 g/mol. The Bertz CT molecular complexity index is 312. The molecule has 1 fully saturated rings. The molecule has 0 unspecified atom stereocenters. The second-order valence-electron chi connectivity index (χ2n) is 3.64. The van der Waals surface area contributed by atoms with E-state index in [1.807, 2.05) is 18.7 Å². The molecule has 14 heavy (non-hydrogen) atoms. The Balaban J connectivity index is 1.99. The van der Waals surface area contributed by atoms with Crippen molar-refractivity contribution in [3.05, 3.63) is 10.6 Å². The van der Waals surface area contributed by atoms with Gasteiger partial charge in [-0.25, -0.2) is 13.8 Å². The van der Waals surface area contributed by atoms with Gasteiger partial charge in [0.2, 0.25) is 6.43 Å². The summed E-state index contributed by atoms with van der Waals surface area (Å²) < 4.78 is 24.4. The van der Waals surface area contributed by atoms with Gasteiger partial charge in [0.1, 0.15) is 0 Å². The number of rotatable bonds is 2. The number of anilines is 1. The van der Waals surface area contributed by atoms with Crippen LogP contribution >= 0.6 is 11.3 Å². The van der Waals surface area contributed by atoms with Crippen molar-refractivity contribution in [2.24, 2.45) is 5.92 Å². The molecule has 1 aromatic heterocycles. The van der Waals surface area contributed by atoms with Gasteiger partial charge in [-0.3, -0.25) is 0 Å². The second kappa shape index (κ2) is 3.46. The van der Waals surface area contributed by atoms with E-state index < -0.39 is 12.3 Å². The average molecular weight is 218 g/mol. The number of hydrogen-bond donors (Lipinski definition) is 0. The zero-order valence-corrected chi connectivity index (χ0v) is 8.94. The Kier molecular flexibility index (Phi) is 2.43. The molecule has 0 aromatic carbocycles. The molecule has 1 aromatic rings. The van der Waals surface area contributed by atoms with Crippen molar-refractivity contribution in [2.75, 3.05) is 18.0 Å². The van der Waals surface area contributed by atoms with Gasteiger partial charge in [-0.05, 0) is 13.8 Å². The predicted molar refractivity (Wildman–Crippen MR) is 53.3 cm³/mol. The van der Waals surface area contributed by atoms with Gasteiger partial charge in [-0.2, -0.15) is 0 Å². The average Bonchev–Trinajstić information content (AvgIpc) is 2.27. The molecule has 2 nitrogen and oxygen atoms in total. The summed E-state index contributed by atoms with van der Waals surface area (Å²) in [4.78, 5) is 7.41. The van der Waals surface area contributed by atoms with Gasteiger partial charge in [0.25, 0.3) is 0 Å². The Morgan fingerprint density at radius 1 is 1.43 bits per heavy atom. The van der Waals surface area contributed by atoms with Crippen LogP contribution in [0.2, 0.25) is 0 Å². The fourth-order valence-electron chi connectivity index (χ4n) is 1.42. The van der Waals surface area contributed by atoms with Crippen LogP contribution in [0.5, 0.6) is 0 Å². The minimum atomic E-state index is -2.19. The molecule has 0 saturated carbocycles. The normalized spacial score (nSPS) is 17.6. The number of thiazole rings is 1. The first-order valence-electron chi connectivity index (χ1n) is 4.55. The third kappa shape index (κ3) is 1.61. The van der Waals surface area contributed by atoms with Gasteiger partial charge in [-0.15, -0.1) is 11.3 Å². The van der Waals surface area contributed by atoms with Crippen molar-refractivity contribution < 1.29 is 8.78 Å². The SMILES string of the molecule is Cc1nc(N2CC(C(F)F)C2)sc1C. The molecule has 0 amide bonds. The second-order valence-corrected chi connectivity index (χ2v) is 4.82. The third-order valence-electron chi connectivity index (χ3n) is 2.55. The van der Waals surface area contributed by atoms with Crippen LogP contribution in [0.4, 0.5) is 13.9 Å². The Morgan fingerprint density at radius 3 is 2.50 bits per heavy atom. The van der Waals surface area contributed by atoms with E-state index in [-0.39, 0.29) is 0 Å². The van der Waals surface area contributed by atoms with E-state index in [9.17, 15) is 8.78 Å². The molecule has 1 saturated heterocycles. The maximum Gasteiger partial charge on any atom is 0.244 e. The summed E-state index contributed by atoms with van der Waals surface area (Å²) in [5.41, 5.74) is 1.01. The van der Waals surface area contributed by atoms with Gasteiger partial charge in [0, 0.05) is 18.0 Å². The first-order chi connectivity index (χ1) is 6.58. The molecule has 2 heterocycles. The van der Waals surface area contributed by atoms with Crippen LogP contribution < -0.4 is 4.90 Å². The summed E-state index contributed by atoms with van der Waals surface area (Å²) in [6.45, 7) is 4.84. The molecule has 0 aliphatic carbocycles. The van der Waals surface area contributed by atoms with Crippen molar-refractivity contribution in [1.29, 1.82) is 0 Å². The van der Waals surface area contributed by atoms with Crippen LogP contribution in [0.25, 0.3) is 0 Å². The molecule has 0 atom stereocenters. The van der Waals surface area contributed by atoms with E-state index in [1.165, 1.54) is 4.88 Å². The van der Waals surface area contributed by atoms with Crippen LogP contribution in [0.1, 0.15) is 10.6 Å². The minimum absolute atomic E-state index is 0.448. The highest BCUT2D eigenvalue weighted by molar-refractivity contribution is 7.15. The number of alkyl halides is 2. The van der Waals surface area contributed by atoms with Gasteiger partial charge in [-0.1, -0.05) is 0 Å². The molecule has 1 aliphatic rings. The minimum Gasteiger partial charge on any atom is -0.347 e. The smallest absolute Gasteiger partial charge is 0.244 e. The lowest BCUT2D eigenvalue weighted by atomic mass is 10.0. The van der Waals surface area contributed by atoms with Crippen molar-refractivity contribution in [3.8, 4) is 0 Å². The molecular formula is C9H12F2N2S. The quantitative estimate of drug-likeness (QED) is 0.758. The lowest BCUT2D eigenvalue weighted by Gasteiger charge is -2.38. The first kappa shape index (κ1) is 9.83. The van der Waals surface area contributed by atoms with E-state index in [2.05, 4.69) is 4.98 Å². The highest BCUT2D eigenvalue weighted by atomic mass is 32.1. The van der Waals surface area contributed by atoms with Crippen LogP contribution in [0, 0.1) is 19.8 Å². The van der Waals surface area contributed by atoms with Crippen molar-refractivity contribution in [3.63, 3.8) is 0 Å². The van der Waals surface area contributed by atoms with E-state index in [4.69, 9.17) is 0 Å². The molecule has 0 radical (unpaired) electrons. The third-order valence-corrected chi connectivity index (χ3v) is 3.69. The fourth-order valence-corrected chi connectivity index (χ4v) is 2.35. The maximum atomic E-state index is 12.2. The topological polar surface area (TPSA) is 16.1 Å². The largest absolute Gasteiger partial charge is 0.347 e. The monoisotopic (exact) mass is 218 g/mol. The lowest BCUT2D eigenvalue weighted by Crippen LogP contribution is -2.50. The van der Waals surface area contributed by atoms with E-state index in [0.29, 0.717) is 13.1 Å². The van der Waals surface area contributed by atoms with Crippen molar-refractivity contribution >= 4 is 16.5 Å². The standard InChI is InChI=1S/C9H12F2N2S/c1-5-6(2)14-9(12-5)13-3-7(4-13)8(10)11/h7-8H,3-4H2,1-2H3. The number of hydrogen-bond acceptors (Lipinski definition) is 3. The fraction of sp³-hybridized carbons (Fsp3) is 0.667. The predicted octanol–water partition coefficient (Wildman–Crippen LogP) is 2.46. The van der Waals surface area contributed by atoms with Crippen LogP contribution in [-0.4, -0.2) is 24.5 Å². The summed E-state index contributed by atoms with van der Waals surface area (Å²) in [6, 6.07) is 0.